The summed E-state index contributed by atoms with van der Waals surface area (Å²) < 4.78 is 72.6. The minimum atomic E-state index is -5.16. The number of halogens is 5. The molecule has 3 heterocycles. The Morgan fingerprint density at radius 2 is 1.22 bits per heavy atom. The number of alkyl halides is 5. The maximum Gasteiger partial charge on any atom is 0.397 e. The van der Waals surface area contributed by atoms with Gasteiger partial charge in [-0.25, -0.2) is 8.78 Å². The average molecular weight is 1470 g/mol. The Morgan fingerprint density at radius 3 is 1.80 bits per heavy atom. The van der Waals surface area contributed by atoms with Gasteiger partial charge >= 0.3 is 6.18 Å². The van der Waals surface area contributed by atoms with Gasteiger partial charge in [-0.3, -0.25) is 57.5 Å². The maximum absolute atomic E-state index is 15.6. The average Bonchev–Trinajstić information content (AvgIpc) is 1.10. The maximum atomic E-state index is 15.6. The van der Waals surface area contributed by atoms with E-state index in [1.54, 1.807) is 13.0 Å². The molecular formula is C75H117F5N12O12. The van der Waals surface area contributed by atoms with Crippen molar-refractivity contribution < 1.29 is 79.5 Å². The minimum Gasteiger partial charge on any atom is -0.347 e. The number of rotatable bonds is 11. The first-order valence-electron chi connectivity index (χ1n) is 38.3. The van der Waals surface area contributed by atoms with E-state index in [9.17, 15) is 32.3 Å². The molecule has 1 spiro atoms. The first kappa shape index (κ1) is 82.7. The van der Waals surface area contributed by atoms with Crippen LogP contribution < -0.4 is 10.6 Å². The zero-order valence-corrected chi connectivity index (χ0v) is 63.4. The van der Waals surface area contributed by atoms with E-state index in [4.69, 9.17) is 0 Å². The van der Waals surface area contributed by atoms with Crippen LogP contribution in [0.1, 0.15) is 188 Å². The van der Waals surface area contributed by atoms with Crippen molar-refractivity contribution in [2.24, 2.45) is 41.4 Å². The number of carbonyl (C=O) groups is 12. The number of fused-ring (bicyclic) bond motifs is 3. The minimum absolute atomic E-state index is 0.0233. The standard InChI is InChI=1S/C75H117F5N12O12/c1-13-46(3)63-71(102)85(7)44-61(95)86(8)54-26-15-14-18-36-92(70(54)101)58(41-48-30-28-45(2)29-31-48)68(99)84(6)43-59(93)81-53(33-32-49-38-51(76)62(52(77)39-49)75(78,79)80)66(97)91-37-20-27-55(91)69(100)90(12)74(34-21-35-74)73(104)89(11)64(50-24-16-17-25-50)72(103)88(10)57(67(98)83(4)5)42-60(94)87(9)56(65(96)82-63)40-47-22-19-23-47/h14-15,45-58,62-64H,13,16-44H2,1-12H3,(H,81,93)(H,82,96)/b15-14-/t45?,46-,48?,49?,51?,52?,53-,54-,55-,56-,57-,58-,62?,63-,64-/m0/s1. The Kier molecular flexibility index (Phi) is 28.3. The molecule has 5 aliphatic carbocycles. The van der Waals surface area contributed by atoms with Crippen molar-refractivity contribution >= 4 is 70.9 Å². The number of nitrogens with one attached hydrogen (secondary N) is 2. The summed E-state index contributed by atoms with van der Waals surface area (Å²) in [6, 6.07) is -10.2. The van der Waals surface area contributed by atoms with Gasteiger partial charge in [0, 0.05) is 76.5 Å². The lowest BCUT2D eigenvalue weighted by atomic mass is 9.73. The van der Waals surface area contributed by atoms with E-state index in [0.29, 0.717) is 38.0 Å². The number of hydrogen-bond donors (Lipinski definition) is 2. The van der Waals surface area contributed by atoms with Crippen LogP contribution in [0.3, 0.4) is 0 Å². The highest BCUT2D eigenvalue weighted by Crippen LogP contribution is 2.46. The first-order chi connectivity index (χ1) is 49.0. The number of hydrogen-bond acceptors (Lipinski definition) is 12. The van der Waals surface area contributed by atoms with E-state index in [0.717, 1.165) is 62.7 Å². The lowest BCUT2D eigenvalue weighted by molar-refractivity contribution is -0.219. The summed E-state index contributed by atoms with van der Waals surface area (Å²) in [5.74, 6) is -12.3. The number of carbonyl (C=O) groups excluding carboxylic acids is 12. The molecule has 584 valence electrons. The zero-order valence-electron chi connectivity index (χ0n) is 63.4. The molecule has 2 unspecified atom stereocenters. The van der Waals surface area contributed by atoms with Crippen molar-refractivity contribution in [3.05, 3.63) is 12.2 Å². The van der Waals surface area contributed by atoms with Crippen molar-refractivity contribution in [3.8, 4) is 0 Å². The summed E-state index contributed by atoms with van der Waals surface area (Å²) in [7, 11) is 13.0. The molecule has 3 aliphatic heterocycles. The van der Waals surface area contributed by atoms with Gasteiger partial charge in [-0.05, 0) is 132 Å². The van der Waals surface area contributed by atoms with Gasteiger partial charge in [0.15, 0.2) is 0 Å². The number of amides is 12. The molecular weight excluding hydrogens is 1360 g/mol. The van der Waals surface area contributed by atoms with E-state index in [1.165, 1.54) is 108 Å². The molecule has 7 fully saturated rings. The van der Waals surface area contributed by atoms with Gasteiger partial charge in [0.25, 0.3) is 0 Å². The molecule has 2 bridgehead atoms. The van der Waals surface area contributed by atoms with Crippen LogP contribution in [0.25, 0.3) is 0 Å². The van der Waals surface area contributed by atoms with E-state index in [1.807, 2.05) is 13.0 Å². The Bertz CT molecular complexity index is 3130. The van der Waals surface area contributed by atoms with Crippen LogP contribution in [0.2, 0.25) is 0 Å². The summed E-state index contributed by atoms with van der Waals surface area (Å²) in [6.45, 7) is 4.53. The molecule has 8 aliphatic rings. The smallest absolute Gasteiger partial charge is 0.347 e. The van der Waals surface area contributed by atoms with Crippen molar-refractivity contribution in [1.82, 2.24) is 59.6 Å². The Morgan fingerprint density at radius 1 is 0.606 bits per heavy atom. The van der Waals surface area contributed by atoms with E-state index in [2.05, 4.69) is 17.6 Å². The lowest BCUT2D eigenvalue weighted by Gasteiger charge is -2.51. The normalized spacial score (nSPS) is 32.7. The van der Waals surface area contributed by atoms with Crippen LogP contribution in [0.15, 0.2) is 12.2 Å². The van der Waals surface area contributed by atoms with Gasteiger partial charge in [-0.15, -0.1) is 0 Å². The topological polar surface area (TPSA) is 261 Å². The first-order valence-corrected chi connectivity index (χ1v) is 38.3. The quantitative estimate of drug-likeness (QED) is 0.171. The molecule has 8 rings (SSSR count). The number of likely N-dealkylation sites (N-methyl/N-ethyl adjacent to an activating group) is 8. The summed E-state index contributed by atoms with van der Waals surface area (Å²) >= 11 is 0. The molecule has 0 aromatic carbocycles. The Hall–Kier alpha value is -6.97. The second-order valence-electron chi connectivity index (χ2n) is 32.2. The van der Waals surface area contributed by atoms with E-state index < -0.39 is 199 Å². The second kappa shape index (κ2) is 35.6. The highest BCUT2D eigenvalue weighted by Gasteiger charge is 2.57. The third-order valence-corrected chi connectivity index (χ3v) is 25.0. The van der Waals surface area contributed by atoms with Crippen LogP contribution in [-0.4, -0.2) is 282 Å². The fourth-order valence-electron chi connectivity index (χ4n) is 17.5. The van der Waals surface area contributed by atoms with Crippen molar-refractivity contribution in [2.45, 2.75) is 260 Å². The molecule has 0 aromatic rings. The summed E-state index contributed by atoms with van der Waals surface area (Å²) in [5, 5.41) is 5.69. The zero-order chi connectivity index (χ0) is 76.6. The molecule has 104 heavy (non-hydrogen) atoms. The molecule has 5 saturated carbocycles. The van der Waals surface area contributed by atoms with Crippen molar-refractivity contribution in [2.75, 3.05) is 89.6 Å². The van der Waals surface area contributed by atoms with Crippen LogP contribution in [-0.2, 0) is 57.5 Å². The van der Waals surface area contributed by atoms with Gasteiger partial charge in [0.2, 0.25) is 70.9 Å². The second-order valence-corrected chi connectivity index (χ2v) is 32.2. The molecule has 12 amide bonds. The molecule has 2 saturated heterocycles. The monoisotopic (exact) mass is 1470 g/mol. The van der Waals surface area contributed by atoms with Crippen LogP contribution in [0, 0.1) is 41.4 Å². The fourth-order valence-corrected chi connectivity index (χ4v) is 17.5. The van der Waals surface area contributed by atoms with Crippen LogP contribution in [0.4, 0.5) is 22.0 Å². The molecule has 29 heteroatoms. The summed E-state index contributed by atoms with van der Waals surface area (Å²) in [5.41, 5.74) is -1.54. The van der Waals surface area contributed by atoms with E-state index in [-0.39, 0.29) is 82.7 Å². The summed E-state index contributed by atoms with van der Waals surface area (Å²) in [4.78, 5) is 194. The van der Waals surface area contributed by atoms with E-state index >= 15 is 47.1 Å². The van der Waals surface area contributed by atoms with Gasteiger partial charge < -0.3 is 59.6 Å². The highest BCUT2D eigenvalue weighted by molar-refractivity contribution is 6.01. The molecule has 0 aromatic heterocycles. The highest BCUT2D eigenvalue weighted by atomic mass is 19.4. The fraction of sp³-hybridized carbons (Fsp3) is 0.813. The van der Waals surface area contributed by atoms with Crippen molar-refractivity contribution in [1.29, 1.82) is 0 Å². The predicted molar refractivity (Wildman–Crippen MR) is 377 cm³/mol. The Labute approximate surface area is 610 Å². The molecule has 11 atom stereocenters. The SMILES string of the molecule is CC[C@H](C)[C@@H]1NC(=O)[C@H](CC2CCC2)N(C)C(=O)C[C@@H](C(=O)N(C)C)N(C)C(=O)[C@H](C2CCCC2)N(C)C(=O)C2(CCC2)N(C)C(=O)[C@@H]2CCCN2C(=O)[C@H](CCC2CC(F)C(C(F)(F)F)C(F)C2)NC(=O)CN(C)C(=O)[C@H](CC2CCC(C)CC2)N2CC/C=C\C[C@@H](C2=O)N(C)C(=O)CN(C)C1=O. The predicted octanol–water partition coefficient (Wildman–Crippen LogP) is 6.28. The molecule has 0 radical (unpaired) electrons. The van der Waals surface area contributed by atoms with Gasteiger partial charge in [0.05, 0.1) is 19.5 Å². The lowest BCUT2D eigenvalue weighted by Crippen LogP contribution is -2.68. The van der Waals surface area contributed by atoms with Gasteiger partial charge in [-0.1, -0.05) is 97.1 Å². The van der Waals surface area contributed by atoms with Gasteiger partial charge in [-0.2, -0.15) is 13.2 Å². The Balaban J connectivity index is 1.18. The van der Waals surface area contributed by atoms with Crippen LogP contribution >= 0.6 is 0 Å². The third-order valence-electron chi connectivity index (χ3n) is 25.0. The van der Waals surface area contributed by atoms with Crippen molar-refractivity contribution in [3.63, 3.8) is 0 Å². The van der Waals surface area contributed by atoms with Gasteiger partial charge in [0.1, 0.15) is 72.1 Å². The van der Waals surface area contributed by atoms with Crippen LogP contribution in [0.5, 0.6) is 0 Å². The third kappa shape index (κ3) is 18.9. The molecule has 2 N–H and O–H groups in total. The number of nitrogens with zero attached hydrogens (tertiary/aromatic N) is 10. The largest absolute Gasteiger partial charge is 0.397 e. The summed E-state index contributed by atoms with van der Waals surface area (Å²) in [6.07, 6.45) is 1.27. The molecule has 24 nitrogen and oxygen atoms in total.